The molecule has 25 heavy (non-hydrogen) atoms. The number of rotatable bonds is 4. The highest BCUT2D eigenvalue weighted by molar-refractivity contribution is 5.80. The SMILES string of the molecule is Cn1ccnc1CN(C(=O)[C@@H]1CCC[C@H](N)C1)[C@H]1CC12CCNCC2. The molecule has 0 bridgehead atoms. The highest BCUT2D eigenvalue weighted by Gasteiger charge is 2.58. The molecule has 6 heteroatoms. The molecule has 3 N–H and O–H groups in total. The topological polar surface area (TPSA) is 76.2 Å². The lowest BCUT2D eigenvalue weighted by molar-refractivity contribution is -0.139. The summed E-state index contributed by atoms with van der Waals surface area (Å²) in [5.41, 5.74) is 6.51. The second-order valence-electron chi connectivity index (χ2n) is 8.38. The van der Waals surface area contributed by atoms with Gasteiger partial charge in [0.15, 0.2) is 0 Å². The molecule has 1 amide bonds. The van der Waals surface area contributed by atoms with Crippen molar-refractivity contribution >= 4 is 5.91 Å². The molecular formula is C19H31N5O. The maximum absolute atomic E-state index is 13.4. The van der Waals surface area contributed by atoms with E-state index in [1.807, 2.05) is 24.0 Å². The lowest BCUT2D eigenvalue weighted by Crippen LogP contribution is -2.44. The van der Waals surface area contributed by atoms with E-state index in [9.17, 15) is 4.79 Å². The van der Waals surface area contributed by atoms with Crippen LogP contribution in [0, 0.1) is 11.3 Å². The molecule has 3 fully saturated rings. The Balaban J connectivity index is 1.53. The molecule has 3 atom stereocenters. The number of carbonyl (C=O) groups excluding carboxylic acids is 1. The summed E-state index contributed by atoms with van der Waals surface area (Å²) in [4.78, 5) is 20.0. The monoisotopic (exact) mass is 345 g/mol. The van der Waals surface area contributed by atoms with E-state index in [1.165, 1.54) is 12.8 Å². The van der Waals surface area contributed by atoms with Gasteiger partial charge in [0.05, 0.1) is 6.54 Å². The van der Waals surface area contributed by atoms with Gasteiger partial charge in [-0.25, -0.2) is 4.98 Å². The van der Waals surface area contributed by atoms with Crippen LogP contribution in [0.25, 0.3) is 0 Å². The minimum atomic E-state index is 0.100. The minimum absolute atomic E-state index is 0.100. The fourth-order valence-corrected chi connectivity index (χ4v) is 4.96. The van der Waals surface area contributed by atoms with Crippen molar-refractivity contribution < 1.29 is 4.79 Å². The summed E-state index contributed by atoms with van der Waals surface area (Å²) in [6, 6.07) is 0.571. The van der Waals surface area contributed by atoms with Gasteiger partial charge in [-0.3, -0.25) is 4.79 Å². The van der Waals surface area contributed by atoms with Gasteiger partial charge in [0.2, 0.25) is 5.91 Å². The highest BCUT2D eigenvalue weighted by Crippen LogP contribution is 2.56. The highest BCUT2D eigenvalue weighted by atomic mass is 16.2. The summed E-state index contributed by atoms with van der Waals surface area (Å²) in [6.45, 7) is 2.79. The van der Waals surface area contributed by atoms with Crippen LogP contribution in [0.3, 0.4) is 0 Å². The number of amides is 1. The third-order valence-corrected chi connectivity index (χ3v) is 6.70. The van der Waals surface area contributed by atoms with E-state index < -0.39 is 0 Å². The smallest absolute Gasteiger partial charge is 0.226 e. The predicted molar refractivity (Wildman–Crippen MR) is 96.6 cm³/mol. The van der Waals surface area contributed by atoms with Gasteiger partial charge in [-0.15, -0.1) is 0 Å². The van der Waals surface area contributed by atoms with Gasteiger partial charge in [0, 0.05) is 37.4 Å². The van der Waals surface area contributed by atoms with E-state index >= 15 is 0 Å². The molecule has 2 heterocycles. The number of carbonyl (C=O) groups is 1. The zero-order valence-electron chi connectivity index (χ0n) is 15.3. The Labute approximate surface area is 150 Å². The molecule has 6 nitrogen and oxygen atoms in total. The van der Waals surface area contributed by atoms with Crippen LogP contribution in [0.15, 0.2) is 12.4 Å². The third-order valence-electron chi connectivity index (χ3n) is 6.70. The molecule has 0 aromatic carbocycles. The molecule has 4 rings (SSSR count). The molecule has 0 unspecified atom stereocenters. The number of hydrogen-bond donors (Lipinski definition) is 2. The number of nitrogens with one attached hydrogen (secondary N) is 1. The molecule has 138 valence electrons. The summed E-state index contributed by atoms with van der Waals surface area (Å²) in [5, 5.41) is 3.46. The maximum atomic E-state index is 13.4. The lowest BCUT2D eigenvalue weighted by Gasteiger charge is -2.34. The Morgan fingerprint density at radius 3 is 2.92 bits per heavy atom. The quantitative estimate of drug-likeness (QED) is 0.865. The van der Waals surface area contributed by atoms with E-state index in [0.717, 1.165) is 51.0 Å². The summed E-state index contributed by atoms with van der Waals surface area (Å²) in [5.74, 6) is 1.39. The Kier molecular flexibility index (Phi) is 4.58. The molecule has 3 aliphatic rings. The number of hydrogen-bond acceptors (Lipinski definition) is 4. The van der Waals surface area contributed by atoms with Crippen molar-refractivity contribution in [3.05, 3.63) is 18.2 Å². The van der Waals surface area contributed by atoms with Crippen molar-refractivity contribution in [3.63, 3.8) is 0 Å². The number of aromatic nitrogens is 2. The first-order chi connectivity index (χ1) is 12.1. The van der Waals surface area contributed by atoms with Crippen molar-refractivity contribution in [1.29, 1.82) is 0 Å². The molecule has 1 aliphatic heterocycles. The Morgan fingerprint density at radius 2 is 2.24 bits per heavy atom. The van der Waals surface area contributed by atoms with Gasteiger partial charge < -0.3 is 20.5 Å². The largest absolute Gasteiger partial charge is 0.337 e. The maximum Gasteiger partial charge on any atom is 0.226 e. The number of aryl methyl sites for hydroxylation is 1. The van der Waals surface area contributed by atoms with Crippen molar-refractivity contribution in [2.45, 2.75) is 63.6 Å². The van der Waals surface area contributed by atoms with Crippen LogP contribution in [0.1, 0.15) is 50.8 Å². The van der Waals surface area contributed by atoms with Crippen LogP contribution < -0.4 is 11.1 Å². The van der Waals surface area contributed by atoms with Gasteiger partial charge in [-0.1, -0.05) is 6.42 Å². The number of imidazole rings is 1. The standard InChI is InChI=1S/C19H31N5O/c1-23-10-9-22-17(23)13-24(16-12-19(16)5-7-21-8-6-19)18(25)14-3-2-4-15(20)11-14/h9-10,14-16,21H,2-8,11-13,20H2,1H3/t14-,15+,16+/m1/s1. The summed E-state index contributed by atoms with van der Waals surface area (Å²) >= 11 is 0. The Morgan fingerprint density at radius 1 is 1.44 bits per heavy atom. The molecular weight excluding hydrogens is 314 g/mol. The van der Waals surface area contributed by atoms with Crippen LogP contribution in [-0.2, 0) is 18.4 Å². The van der Waals surface area contributed by atoms with Gasteiger partial charge in [-0.2, -0.15) is 0 Å². The first-order valence-electron chi connectivity index (χ1n) is 9.82. The van der Waals surface area contributed by atoms with E-state index in [1.54, 1.807) is 0 Å². The number of piperidine rings is 1. The molecule has 2 aliphatic carbocycles. The van der Waals surface area contributed by atoms with Crippen molar-refractivity contribution in [1.82, 2.24) is 19.8 Å². The predicted octanol–water partition coefficient (Wildman–Crippen LogP) is 1.41. The molecule has 2 saturated carbocycles. The number of nitrogens with two attached hydrogens (primary N) is 1. The Bertz CT molecular complexity index is 621. The average Bonchev–Trinajstić information content (AvgIpc) is 3.13. The second-order valence-corrected chi connectivity index (χ2v) is 8.38. The van der Waals surface area contributed by atoms with E-state index in [-0.39, 0.29) is 12.0 Å². The lowest BCUT2D eigenvalue weighted by atomic mass is 9.85. The summed E-state index contributed by atoms with van der Waals surface area (Å²) in [6.07, 6.45) is 11.3. The summed E-state index contributed by atoms with van der Waals surface area (Å²) < 4.78 is 2.03. The van der Waals surface area contributed by atoms with Crippen LogP contribution in [0.4, 0.5) is 0 Å². The fraction of sp³-hybridized carbons (Fsp3) is 0.789. The van der Waals surface area contributed by atoms with Crippen molar-refractivity contribution in [2.75, 3.05) is 13.1 Å². The van der Waals surface area contributed by atoms with Gasteiger partial charge in [0.1, 0.15) is 5.82 Å². The normalized spacial score (nSPS) is 31.0. The van der Waals surface area contributed by atoms with Crippen LogP contribution in [0.5, 0.6) is 0 Å². The third kappa shape index (κ3) is 3.34. The Hall–Kier alpha value is -1.40. The molecule has 1 saturated heterocycles. The van der Waals surface area contributed by atoms with Crippen LogP contribution in [-0.4, -0.2) is 45.5 Å². The molecule has 1 aromatic rings. The zero-order valence-corrected chi connectivity index (χ0v) is 15.3. The van der Waals surface area contributed by atoms with E-state index in [2.05, 4.69) is 15.2 Å². The zero-order chi connectivity index (χ0) is 17.4. The molecule has 0 radical (unpaired) electrons. The number of nitrogens with zero attached hydrogens (tertiary/aromatic N) is 3. The minimum Gasteiger partial charge on any atom is -0.337 e. The van der Waals surface area contributed by atoms with Crippen LogP contribution in [0.2, 0.25) is 0 Å². The fourth-order valence-electron chi connectivity index (χ4n) is 4.96. The van der Waals surface area contributed by atoms with Crippen LogP contribution >= 0.6 is 0 Å². The second kappa shape index (κ2) is 6.72. The molecule has 1 aromatic heterocycles. The van der Waals surface area contributed by atoms with Gasteiger partial charge in [0.25, 0.3) is 0 Å². The van der Waals surface area contributed by atoms with Crippen molar-refractivity contribution in [2.24, 2.45) is 24.1 Å². The molecule has 1 spiro atoms. The van der Waals surface area contributed by atoms with E-state index in [4.69, 9.17) is 5.73 Å². The van der Waals surface area contributed by atoms with E-state index in [0.29, 0.717) is 23.9 Å². The first kappa shape index (κ1) is 17.0. The van der Waals surface area contributed by atoms with Gasteiger partial charge in [-0.05, 0) is 57.0 Å². The average molecular weight is 345 g/mol. The summed E-state index contributed by atoms with van der Waals surface area (Å²) in [7, 11) is 2.01. The van der Waals surface area contributed by atoms with Gasteiger partial charge >= 0.3 is 0 Å². The first-order valence-corrected chi connectivity index (χ1v) is 9.82. The van der Waals surface area contributed by atoms with Crippen molar-refractivity contribution in [3.8, 4) is 0 Å².